The molecule has 1 aromatic rings. The Morgan fingerprint density at radius 2 is 2.12 bits per heavy atom. The number of rotatable bonds is 4. The average molecular weight is 371 g/mol. The summed E-state index contributed by atoms with van der Waals surface area (Å²) in [6.45, 7) is 2.11. The highest BCUT2D eigenvalue weighted by molar-refractivity contribution is 5.79. The summed E-state index contributed by atoms with van der Waals surface area (Å²) in [5, 5.41) is 6.40. The van der Waals surface area contributed by atoms with E-state index >= 15 is 0 Å². The van der Waals surface area contributed by atoms with Crippen molar-refractivity contribution in [1.29, 1.82) is 0 Å². The van der Waals surface area contributed by atoms with Gasteiger partial charge in [0.05, 0.1) is 18.2 Å². The molecule has 5 nitrogen and oxygen atoms in total. The fourth-order valence-electron chi connectivity index (χ4n) is 3.97. The highest BCUT2D eigenvalue weighted by Crippen LogP contribution is 2.39. The maximum absolute atomic E-state index is 12.9. The van der Waals surface area contributed by atoms with Crippen molar-refractivity contribution in [2.24, 2.45) is 16.8 Å². The number of guanidine groups is 1. The molecule has 1 fully saturated rings. The van der Waals surface area contributed by atoms with Gasteiger partial charge in [-0.15, -0.1) is 0 Å². The summed E-state index contributed by atoms with van der Waals surface area (Å²) in [7, 11) is 1.67. The topological polar surface area (TPSA) is 54.2 Å². The highest BCUT2D eigenvalue weighted by Gasteiger charge is 2.42. The molecule has 26 heavy (non-hydrogen) atoms. The Morgan fingerprint density at radius 1 is 1.27 bits per heavy atom. The minimum Gasteiger partial charge on any atom is -0.356 e. The van der Waals surface area contributed by atoms with E-state index in [0.717, 1.165) is 30.9 Å². The summed E-state index contributed by atoms with van der Waals surface area (Å²) in [6, 6.07) is 0. The molecule has 0 aromatic carbocycles. The lowest BCUT2D eigenvalue weighted by Crippen LogP contribution is -2.41. The summed E-state index contributed by atoms with van der Waals surface area (Å²) in [4.78, 5) is 8.81. The van der Waals surface area contributed by atoms with Crippen LogP contribution in [0.2, 0.25) is 0 Å². The van der Waals surface area contributed by atoms with Crippen molar-refractivity contribution in [2.45, 2.75) is 64.2 Å². The van der Waals surface area contributed by atoms with E-state index in [2.05, 4.69) is 31.4 Å². The van der Waals surface area contributed by atoms with E-state index in [4.69, 9.17) is 0 Å². The van der Waals surface area contributed by atoms with Crippen molar-refractivity contribution in [3.63, 3.8) is 0 Å². The first-order chi connectivity index (χ1) is 12.5. The fourth-order valence-corrected chi connectivity index (χ4v) is 3.97. The van der Waals surface area contributed by atoms with Gasteiger partial charge < -0.3 is 15.2 Å². The van der Waals surface area contributed by atoms with Crippen LogP contribution in [-0.4, -0.2) is 35.3 Å². The van der Waals surface area contributed by atoms with Gasteiger partial charge in [-0.25, -0.2) is 4.98 Å². The van der Waals surface area contributed by atoms with Crippen molar-refractivity contribution in [3.05, 3.63) is 17.7 Å². The predicted octanol–water partition coefficient (Wildman–Crippen LogP) is 3.25. The molecule has 2 N–H and O–H groups in total. The second-order valence-corrected chi connectivity index (χ2v) is 7.38. The van der Waals surface area contributed by atoms with E-state index in [1.54, 1.807) is 7.05 Å². The SMILES string of the molecule is CN=C(NCc1cn2c(n1)CCCC2)NCC1CCCC(C(F)(F)F)C1. The lowest BCUT2D eigenvalue weighted by molar-refractivity contribution is -0.185. The lowest BCUT2D eigenvalue weighted by Gasteiger charge is -2.30. The summed E-state index contributed by atoms with van der Waals surface area (Å²) >= 11 is 0. The van der Waals surface area contributed by atoms with Crippen molar-refractivity contribution in [2.75, 3.05) is 13.6 Å². The number of aliphatic imine (C=N–C) groups is 1. The number of imidazole rings is 1. The molecule has 0 radical (unpaired) electrons. The minimum absolute atomic E-state index is 0.0360. The van der Waals surface area contributed by atoms with Gasteiger partial charge in [-0.1, -0.05) is 6.42 Å². The van der Waals surface area contributed by atoms with Crippen molar-refractivity contribution < 1.29 is 13.2 Å². The Bertz CT molecular complexity index is 599. The van der Waals surface area contributed by atoms with E-state index in [1.807, 2.05) is 0 Å². The number of nitrogens with one attached hydrogen (secondary N) is 2. The first-order valence-electron chi connectivity index (χ1n) is 9.52. The number of nitrogens with zero attached hydrogens (tertiary/aromatic N) is 3. The third-order valence-electron chi connectivity index (χ3n) is 5.42. The maximum Gasteiger partial charge on any atom is 0.391 e. The van der Waals surface area contributed by atoms with Gasteiger partial charge in [0.2, 0.25) is 0 Å². The number of hydrogen-bond acceptors (Lipinski definition) is 2. The highest BCUT2D eigenvalue weighted by atomic mass is 19.4. The molecule has 0 amide bonds. The van der Waals surface area contributed by atoms with E-state index < -0.39 is 12.1 Å². The summed E-state index contributed by atoms with van der Waals surface area (Å²) in [5.74, 6) is 0.630. The second-order valence-electron chi connectivity index (χ2n) is 7.38. The van der Waals surface area contributed by atoms with E-state index in [1.165, 1.54) is 12.8 Å². The number of halogens is 3. The number of hydrogen-bond donors (Lipinski definition) is 2. The van der Waals surface area contributed by atoms with E-state index in [0.29, 0.717) is 25.5 Å². The van der Waals surface area contributed by atoms with Gasteiger partial charge in [0.1, 0.15) is 5.82 Å². The van der Waals surface area contributed by atoms with Crippen LogP contribution in [0.4, 0.5) is 13.2 Å². The summed E-state index contributed by atoms with van der Waals surface area (Å²) in [5.41, 5.74) is 0.972. The van der Waals surface area contributed by atoms with Gasteiger partial charge in [0.15, 0.2) is 5.96 Å². The molecule has 2 unspecified atom stereocenters. The Morgan fingerprint density at radius 3 is 2.85 bits per heavy atom. The third kappa shape index (κ3) is 4.92. The Kier molecular flexibility index (Phi) is 6.09. The molecule has 8 heteroatoms. The average Bonchev–Trinajstić information content (AvgIpc) is 3.04. The van der Waals surface area contributed by atoms with Crippen LogP contribution in [-0.2, 0) is 19.5 Å². The van der Waals surface area contributed by atoms with Gasteiger partial charge in [0, 0.05) is 32.8 Å². The fraction of sp³-hybridized carbons (Fsp3) is 0.778. The molecule has 146 valence electrons. The van der Waals surface area contributed by atoms with Gasteiger partial charge in [0.25, 0.3) is 0 Å². The first kappa shape index (κ1) is 19.0. The van der Waals surface area contributed by atoms with Crippen LogP contribution in [0.5, 0.6) is 0 Å². The Balaban J connectivity index is 1.45. The van der Waals surface area contributed by atoms with Gasteiger partial charge in [-0.3, -0.25) is 4.99 Å². The van der Waals surface area contributed by atoms with Crippen LogP contribution < -0.4 is 10.6 Å². The van der Waals surface area contributed by atoms with Crippen LogP contribution in [0.25, 0.3) is 0 Å². The molecule has 2 atom stereocenters. The standard InChI is InChI=1S/C18H28F3N5/c1-22-17(23-10-13-5-4-6-14(9-13)18(19,20)21)24-11-15-12-26-8-3-2-7-16(26)25-15/h12-14H,2-11H2,1H3,(H2,22,23,24). The quantitative estimate of drug-likeness (QED) is 0.631. The zero-order chi connectivity index (χ0) is 18.6. The smallest absolute Gasteiger partial charge is 0.356 e. The van der Waals surface area contributed by atoms with Crippen molar-refractivity contribution in [1.82, 2.24) is 20.2 Å². The van der Waals surface area contributed by atoms with Crippen LogP contribution >= 0.6 is 0 Å². The summed E-state index contributed by atoms with van der Waals surface area (Å²) in [6.07, 6.45) is 3.36. The lowest BCUT2D eigenvalue weighted by atomic mass is 9.81. The predicted molar refractivity (Wildman–Crippen MR) is 94.9 cm³/mol. The van der Waals surface area contributed by atoms with E-state index in [9.17, 15) is 13.2 Å². The van der Waals surface area contributed by atoms with Crippen molar-refractivity contribution in [3.8, 4) is 0 Å². The molecule has 0 bridgehead atoms. The number of aryl methyl sites for hydroxylation is 2. The molecule has 2 heterocycles. The largest absolute Gasteiger partial charge is 0.391 e. The zero-order valence-corrected chi connectivity index (χ0v) is 15.3. The molecule has 1 aliphatic heterocycles. The molecule has 3 rings (SSSR count). The zero-order valence-electron chi connectivity index (χ0n) is 15.3. The minimum atomic E-state index is -4.07. The van der Waals surface area contributed by atoms with Crippen molar-refractivity contribution >= 4 is 5.96 Å². The molecule has 1 aromatic heterocycles. The monoisotopic (exact) mass is 371 g/mol. The van der Waals surface area contributed by atoms with Crippen LogP contribution in [0, 0.1) is 11.8 Å². The van der Waals surface area contributed by atoms with Crippen LogP contribution in [0.1, 0.15) is 50.0 Å². The molecule has 0 spiro atoms. The normalized spacial score (nSPS) is 24.2. The maximum atomic E-state index is 12.9. The molecule has 1 saturated carbocycles. The molecular weight excluding hydrogens is 343 g/mol. The molecule has 0 saturated heterocycles. The Hall–Kier alpha value is -1.73. The van der Waals surface area contributed by atoms with Gasteiger partial charge in [-0.05, 0) is 38.0 Å². The number of alkyl halides is 3. The van der Waals surface area contributed by atoms with E-state index in [-0.39, 0.29) is 18.8 Å². The first-order valence-corrected chi connectivity index (χ1v) is 9.52. The number of aromatic nitrogens is 2. The van der Waals surface area contributed by atoms with Crippen LogP contribution in [0.15, 0.2) is 11.2 Å². The van der Waals surface area contributed by atoms with Gasteiger partial charge in [-0.2, -0.15) is 13.2 Å². The number of fused-ring (bicyclic) bond motifs is 1. The van der Waals surface area contributed by atoms with Gasteiger partial charge >= 0.3 is 6.18 Å². The molecular formula is C18H28F3N5. The summed E-state index contributed by atoms with van der Waals surface area (Å²) < 4.78 is 41.0. The second kappa shape index (κ2) is 8.31. The Labute approximate surface area is 152 Å². The van der Waals surface area contributed by atoms with Crippen LogP contribution in [0.3, 0.4) is 0 Å². The third-order valence-corrected chi connectivity index (χ3v) is 5.42. The molecule has 2 aliphatic rings. The molecule has 1 aliphatic carbocycles.